The van der Waals surface area contributed by atoms with E-state index in [0.29, 0.717) is 0 Å². The molecule has 0 saturated heterocycles. The minimum absolute atomic E-state index is 0.147. The lowest BCUT2D eigenvalue weighted by Gasteiger charge is -2.13. The van der Waals surface area contributed by atoms with E-state index in [0.717, 1.165) is 0 Å². The van der Waals surface area contributed by atoms with Gasteiger partial charge in [-0.2, -0.15) is 0 Å². The lowest BCUT2D eigenvalue weighted by Crippen LogP contribution is -2.08. The van der Waals surface area contributed by atoms with E-state index >= 15 is 0 Å². The smallest absolute Gasteiger partial charge is 0.339 e. The number of ether oxygens (including phenoxy) is 1. The second kappa shape index (κ2) is 5.96. The van der Waals surface area contributed by atoms with Crippen molar-refractivity contribution in [2.45, 2.75) is 0 Å². The van der Waals surface area contributed by atoms with Gasteiger partial charge in [-0.25, -0.2) is 14.4 Å². The van der Waals surface area contributed by atoms with Crippen molar-refractivity contribution in [3.8, 4) is 11.5 Å². The first-order valence-corrected chi connectivity index (χ1v) is 6.01. The van der Waals surface area contributed by atoms with Crippen molar-refractivity contribution in [3.63, 3.8) is 0 Å². The van der Waals surface area contributed by atoms with E-state index in [1.54, 1.807) is 0 Å². The monoisotopic (exact) mass is 302 g/mol. The van der Waals surface area contributed by atoms with Crippen LogP contribution in [-0.2, 0) is 0 Å². The summed E-state index contributed by atoms with van der Waals surface area (Å²) in [7, 11) is 0. The predicted molar refractivity (Wildman–Crippen MR) is 73.8 cm³/mol. The highest BCUT2D eigenvalue weighted by Crippen LogP contribution is 2.31. The molecular formula is C15H10O7. The van der Waals surface area contributed by atoms with Crippen molar-refractivity contribution in [1.29, 1.82) is 0 Å². The molecule has 2 rings (SSSR count). The van der Waals surface area contributed by atoms with Crippen molar-refractivity contribution in [3.05, 3.63) is 59.2 Å². The fraction of sp³-hybridized carbons (Fsp3) is 0. The highest BCUT2D eigenvalue weighted by Gasteiger charge is 2.22. The maximum absolute atomic E-state index is 11.2. The number of carbonyl (C=O) groups is 3. The second-order valence-electron chi connectivity index (χ2n) is 4.20. The zero-order valence-corrected chi connectivity index (χ0v) is 11.0. The maximum Gasteiger partial charge on any atom is 0.339 e. The zero-order valence-electron chi connectivity index (χ0n) is 11.0. The van der Waals surface area contributed by atoms with Gasteiger partial charge in [0.15, 0.2) is 5.75 Å². The fourth-order valence-corrected chi connectivity index (χ4v) is 1.83. The molecule has 7 heteroatoms. The number of carboxylic acid groups (broad SMARTS) is 3. The van der Waals surface area contributed by atoms with Crippen molar-refractivity contribution in [1.82, 2.24) is 0 Å². The van der Waals surface area contributed by atoms with Crippen molar-refractivity contribution in [2.75, 3.05) is 0 Å². The molecule has 0 unspecified atom stereocenters. The van der Waals surface area contributed by atoms with E-state index in [1.807, 2.05) is 0 Å². The zero-order chi connectivity index (χ0) is 16.3. The number of rotatable bonds is 5. The molecule has 0 atom stereocenters. The Balaban J connectivity index is 2.61. The topological polar surface area (TPSA) is 121 Å². The quantitative estimate of drug-likeness (QED) is 0.776. The SMILES string of the molecule is O=C(O)c1ccccc1Oc1c(C(=O)O)cccc1C(=O)O. The molecule has 2 aromatic rings. The summed E-state index contributed by atoms with van der Waals surface area (Å²) in [5.74, 6) is -4.61. The Labute approximate surface area is 124 Å². The van der Waals surface area contributed by atoms with E-state index in [2.05, 4.69) is 0 Å². The molecular weight excluding hydrogens is 292 g/mol. The Kier molecular flexibility index (Phi) is 4.08. The molecule has 0 aromatic heterocycles. The molecule has 2 aromatic carbocycles. The minimum Gasteiger partial charge on any atom is -0.478 e. The molecule has 0 aliphatic carbocycles. The summed E-state index contributed by atoms with van der Waals surface area (Å²) in [5, 5.41) is 27.4. The average molecular weight is 302 g/mol. The van der Waals surface area contributed by atoms with Crippen LogP contribution < -0.4 is 4.74 Å². The molecule has 112 valence electrons. The molecule has 0 fully saturated rings. The molecule has 0 spiro atoms. The maximum atomic E-state index is 11.2. The first kappa shape index (κ1) is 15.0. The largest absolute Gasteiger partial charge is 0.478 e. The van der Waals surface area contributed by atoms with Gasteiger partial charge in [0.25, 0.3) is 0 Å². The van der Waals surface area contributed by atoms with Gasteiger partial charge in [-0.1, -0.05) is 18.2 Å². The van der Waals surface area contributed by atoms with Crippen LogP contribution in [0.3, 0.4) is 0 Å². The summed E-state index contributed by atoms with van der Waals surface area (Å²) in [6, 6.07) is 9.15. The number of aromatic carboxylic acids is 3. The van der Waals surface area contributed by atoms with Gasteiger partial charge in [0.05, 0.1) is 0 Å². The van der Waals surface area contributed by atoms with E-state index in [9.17, 15) is 14.4 Å². The third kappa shape index (κ3) is 2.88. The molecule has 0 aliphatic rings. The minimum atomic E-state index is -1.38. The summed E-state index contributed by atoms with van der Waals surface area (Å²) in [5.41, 5.74) is -0.959. The van der Waals surface area contributed by atoms with Gasteiger partial charge >= 0.3 is 17.9 Å². The highest BCUT2D eigenvalue weighted by molar-refractivity contribution is 5.99. The predicted octanol–water partition coefficient (Wildman–Crippen LogP) is 2.57. The van der Waals surface area contributed by atoms with Gasteiger partial charge < -0.3 is 20.1 Å². The van der Waals surface area contributed by atoms with Gasteiger partial charge in [0.2, 0.25) is 0 Å². The molecule has 0 amide bonds. The summed E-state index contributed by atoms with van der Waals surface area (Å²) < 4.78 is 5.31. The van der Waals surface area contributed by atoms with E-state index < -0.39 is 23.7 Å². The lowest BCUT2D eigenvalue weighted by molar-refractivity contribution is 0.0684. The number of para-hydroxylation sites is 2. The Hall–Kier alpha value is -3.35. The van der Waals surface area contributed by atoms with E-state index in [1.165, 1.54) is 42.5 Å². The molecule has 0 saturated carbocycles. The van der Waals surface area contributed by atoms with E-state index in [-0.39, 0.29) is 22.4 Å². The lowest BCUT2D eigenvalue weighted by atomic mass is 10.1. The number of hydrogen-bond acceptors (Lipinski definition) is 4. The van der Waals surface area contributed by atoms with Gasteiger partial charge in [-0.05, 0) is 24.3 Å². The normalized spacial score (nSPS) is 10.0. The summed E-state index contributed by atoms with van der Waals surface area (Å²) in [6.07, 6.45) is 0. The number of benzene rings is 2. The summed E-state index contributed by atoms with van der Waals surface area (Å²) >= 11 is 0. The Morgan fingerprint density at radius 3 is 1.64 bits per heavy atom. The van der Waals surface area contributed by atoms with Crippen molar-refractivity contribution >= 4 is 17.9 Å². The van der Waals surface area contributed by atoms with Crippen LogP contribution in [0.2, 0.25) is 0 Å². The van der Waals surface area contributed by atoms with Crippen LogP contribution in [-0.4, -0.2) is 33.2 Å². The van der Waals surface area contributed by atoms with Crippen LogP contribution in [0.5, 0.6) is 11.5 Å². The van der Waals surface area contributed by atoms with Crippen LogP contribution in [0.1, 0.15) is 31.1 Å². The van der Waals surface area contributed by atoms with Crippen LogP contribution in [0.4, 0.5) is 0 Å². The van der Waals surface area contributed by atoms with Crippen molar-refractivity contribution in [2.24, 2.45) is 0 Å². The fourth-order valence-electron chi connectivity index (χ4n) is 1.83. The first-order valence-electron chi connectivity index (χ1n) is 6.01. The number of carboxylic acids is 3. The molecule has 0 radical (unpaired) electrons. The second-order valence-corrected chi connectivity index (χ2v) is 4.20. The number of hydrogen-bond donors (Lipinski definition) is 3. The van der Waals surface area contributed by atoms with Crippen molar-refractivity contribution < 1.29 is 34.4 Å². The summed E-state index contributed by atoms with van der Waals surface area (Å²) in [4.78, 5) is 33.6. The standard InChI is InChI=1S/C15H10O7/c16-13(17)8-4-1-2-7-11(8)22-12-9(14(18)19)5-3-6-10(12)15(20)21/h1-7H,(H,16,17)(H,18,19)(H,20,21). The summed E-state index contributed by atoms with van der Waals surface area (Å²) in [6.45, 7) is 0. The van der Waals surface area contributed by atoms with Crippen LogP contribution in [0.15, 0.2) is 42.5 Å². The van der Waals surface area contributed by atoms with Gasteiger partial charge in [-0.3, -0.25) is 0 Å². The van der Waals surface area contributed by atoms with Crippen LogP contribution in [0.25, 0.3) is 0 Å². The van der Waals surface area contributed by atoms with Crippen LogP contribution >= 0.6 is 0 Å². The third-order valence-corrected chi connectivity index (χ3v) is 2.81. The molecule has 7 nitrogen and oxygen atoms in total. The molecule has 22 heavy (non-hydrogen) atoms. The van der Waals surface area contributed by atoms with Gasteiger partial charge in [-0.15, -0.1) is 0 Å². The molecule has 0 bridgehead atoms. The van der Waals surface area contributed by atoms with Gasteiger partial charge in [0, 0.05) is 0 Å². The Morgan fingerprint density at radius 2 is 1.14 bits per heavy atom. The Morgan fingerprint density at radius 1 is 0.682 bits per heavy atom. The Bertz CT molecular complexity index is 732. The molecule has 0 aliphatic heterocycles. The molecule has 0 heterocycles. The van der Waals surface area contributed by atoms with Crippen LogP contribution in [0, 0.1) is 0 Å². The highest BCUT2D eigenvalue weighted by atomic mass is 16.5. The molecule has 3 N–H and O–H groups in total. The average Bonchev–Trinajstić information content (AvgIpc) is 2.47. The van der Waals surface area contributed by atoms with Gasteiger partial charge in [0.1, 0.15) is 22.4 Å². The third-order valence-electron chi connectivity index (χ3n) is 2.81. The van der Waals surface area contributed by atoms with E-state index in [4.69, 9.17) is 20.1 Å². The first-order chi connectivity index (χ1) is 10.4.